The highest BCUT2D eigenvalue weighted by atomic mass is 19.4. The second kappa shape index (κ2) is 4.91. The molecule has 2 rings (SSSR count). The van der Waals surface area contributed by atoms with E-state index in [2.05, 4.69) is 9.72 Å². The van der Waals surface area contributed by atoms with Crippen molar-refractivity contribution < 1.29 is 22.7 Å². The first kappa shape index (κ1) is 13.4. The summed E-state index contributed by atoms with van der Waals surface area (Å²) in [6.07, 6.45) is -4.55. The van der Waals surface area contributed by atoms with Crippen LogP contribution in [-0.4, -0.2) is 22.1 Å². The van der Waals surface area contributed by atoms with E-state index in [1.165, 1.54) is 13.0 Å². The molecule has 1 aromatic carbocycles. The van der Waals surface area contributed by atoms with Gasteiger partial charge in [0.1, 0.15) is 6.61 Å². The van der Waals surface area contributed by atoms with Crippen LogP contribution in [-0.2, 0) is 22.3 Å². The highest BCUT2D eigenvalue weighted by Gasteiger charge is 2.37. The molecule has 7 heteroatoms. The van der Waals surface area contributed by atoms with E-state index in [0.717, 1.165) is 4.57 Å². The van der Waals surface area contributed by atoms with Crippen LogP contribution in [0.1, 0.15) is 12.7 Å². The van der Waals surface area contributed by atoms with Gasteiger partial charge in [0, 0.05) is 6.92 Å². The number of halogens is 3. The Balaban J connectivity index is 2.40. The normalized spacial score (nSPS) is 11.8. The Morgan fingerprint density at radius 3 is 2.68 bits per heavy atom. The quantitative estimate of drug-likeness (QED) is 0.807. The first-order valence-electron chi connectivity index (χ1n) is 5.55. The molecule has 0 amide bonds. The lowest BCUT2D eigenvalue weighted by atomic mass is 10.3. The number of para-hydroxylation sites is 2. The van der Waals surface area contributed by atoms with Crippen molar-refractivity contribution in [2.45, 2.75) is 19.6 Å². The fourth-order valence-corrected chi connectivity index (χ4v) is 1.80. The van der Waals surface area contributed by atoms with E-state index in [4.69, 9.17) is 0 Å². The third-order valence-electron chi connectivity index (χ3n) is 2.53. The summed E-state index contributed by atoms with van der Waals surface area (Å²) in [5.74, 6) is -1.51. The molecule has 0 atom stereocenters. The Morgan fingerprint density at radius 1 is 1.37 bits per heavy atom. The molecule has 102 valence electrons. The number of hydrogen-bond acceptors (Lipinski definition) is 3. The highest BCUT2D eigenvalue weighted by Crippen LogP contribution is 2.31. The van der Waals surface area contributed by atoms with Crippen LogP contribution in [0.3, 0.4) is 0 Å². The lowest BCUT2D eigenvalue weighted by molar-refractivity contribution is -0.147. The van der Waals surface area contributed by atoms with Crippen LogP contribution in [0.4, 0.5) is 13.2 Å². The van der Waals surface area contributed by atoms with Gasteiger partial charge in [0.25, 0.3) is 0 Å². The summed E-state index contributed by atoms with van der Waals surface area (Å²) in [5, 5.41) is 0. The molecular weight excluding hydrogens is 261 g/mol. The van der Waals surface area contributed by atoms with E-state index in [-0.39, 0.29) is 18.7 Å². The number of nitrogens with zero attached hydrogens (tertiary/aromatic N) is 2. The molecule has 4 nitrogen and oxygen atoms in total. The van der Waals surface area contributed by atoms with Crippen molar-refractivity contribution >= 4 is 17.0 Å². The number of alkyl halides is 3. The van der Waals surface area contributed by atoms with Gasteiger partial charge in [-0.3, -0.25) is 4.79 Å². The van der Waals surface area contributed by atoms with Crippen molar-refractivity contribution in [2.75, 3.05) is 6.61 Å². The average molecular weight is 272 g/mol. The third kappa shape index (κ3) is 2.86. The maximum atomic E-state index is 12.9. The van der Waals surface area contributed by atoms with Gasteiger partial charge in [-0.25, -0.2) is 4.98 Å². The number of imidazole rings is 1. The van der Waals surface area contributed by atoms with Gasteiger partial charge in [0.2, 0.25) is 5.82 Å². The smallest absolute Gasteiger partial charge is 0.449 e. The number of carbonyl (C=O) groups excluding carboxylic acids is 1. The zero-order chi connectivity index (χ0) is 14.0. The first-order chi connectivity index (χ1) is 8.89. The van der Waals surface area contributed by atoms with Crippen molar-refractivity contribution in [3.63, 3.8) is 0 Å². The van der Waals surface area contributed by atoms with Crippen LogP contribution in [0.2, 0.25) is 0 Å². The lowest BCUT2D eigenvalue weighted by Gasteiger charge is -2.11. The number of rotatable bonds is 3. The minimum Gasteiger partial charge on any atom is -0.464 e. The standard InChI is InChI=1S/C12H11F3N2O2/c1-8(18)19-7-6-17-10-5-3-2-4-9(10)16-11(17)12(13,14)15/h2-5H,6-7H2,1H3. The molecule has 0 aliphatic rings. The Kier molecular flexibility index (Phi) is 3.46. The van der Waals surface area contributed by atoms with E-state index >= 15 is 0 Å². The molecule has 19 heavy (non-hydrogen) atoms. The van der Waals surface area contributed by atoms with Crippen LogP contribution >= 0.6 is 0 Å². The molecule has 1 heterocycles. The summed E-state index contributed by atoms with van der Waals surface area (Å²) in [5.41, 5.74) is 0.625. The molecule has 0 unspecified atom stereocenters. The predicted molar refractivity (Wildman–Crippen MR) is 61.4 cm³/mol. The molecule has 0 N–H and O–H groups in total. The van der Waals surface area contributed by atoms with Crippen LogP contribution < -0.4 is 0 Å². The van der Waals surface area contributed by atoms with Gasteiger partial charge in [-0.2, -0.15) is 13.2 Å². The Hall–Kier alpha value is -2.05. The molecule has 0 spiro atoms. The number of aromatic nitrogens is 2. The zero-order valence-electron chi connectivity index (χ0n) is 10.1. The zero-order valence-corrected chi connectivity index (χ0v) is 10.1. The van der Waals surface area contributed by atoms with Gasteiger partial charge in [-0.05, 0) is 12.1 Å². The molecule has 2 aromatic rings. The van der Waals surface area contributed by atoms with Crippen molar-refractivity contribution in [3.05, 3.63) is 30.1 Å². The summed E-state index contributed by atoms with van der Waals surface area (Å²) in [6, 6.07) is 6.30. The molecule has 0 fully saturated rings. The average Bonchev–Trinajstić information content (AvgIpc) is 2.68. The number of ether oxygens (including phenoxy) is 1. The number of fused-ring (bicyclic) bond motifs is 1. The SMILES string of the molecule is CC(=O)OCCn1c(C(F)(F)F)nc2ccccc21. The highest BCUT2D eigenvalue weighted by molar-refractivity contribution is 5.76. The van der Waals surface area contributed by atoms with Crippen molar-refractivity contribution in [1.29, 1.82) is 0 Å². The van der Waals surface area contributed by atoms with Gasteiger partial charge in [0.05, 0.1) is 17.6 Å². The maximum Gasteiger partial charge on any atom is 0.449 e. The molecule has 1 aromatic heterocycles. The van der Waals surface area contributed by atoms with Crippen molar-refractivity contribution in [1.82, 2.24) is 9.55 Å². The summed E-state index contributed by atoms with van der Waals surface area (Å²) in [6.45, 7) is 0.990. The largest absolute Gasteiger partial charge is 0.464 e. The molecule has 0 saturated carbocycles. The molecule has 0 aliphatic heterocycles. The van der Waals surface area contributed by atoms with Gasteiger partial charge in [-0.15, -0.1) is 0 Å². The Bertz CT molecular complexity index is 605. The van der Waals surface area contributed by atoms with Gasteiger partial charge >= 0.3 is 12.1 Å². The predicted octanol–water partition coefficient (Wildman–Crippen LogP) is 2.62. The van der Waals surface area contributed by atoms with E-state index in [9.17, 15) is 18.0 Å². The second-order valence-corrected chi connectivity index (χ2v) is 3.91. The van der Waals surface area contributed by atoms with Crippen molar-refractivity contribution in [3.8, 4) is 0 Å². The molecule has 0 radical (unpaired) electrons. The fourth-order valence-electron chi connectivity index (χ4n) is 1.80. The van der Waals surface area contributed by atoms with E-state index in [1.54, 1.807) is 18.2 Å². The lowest BCUT2D eigenvalue weighted by Crippen LogP contribution is -2.18. The Labute approximate surface area is 106 Å². The molecule has 0 saturated heterocycles. The summed E-state index contributed by atoms with van der Waals surface area (Å²) >= 11 is 0. The number of benzene rings is 1. The fraction of sp³-hybridized carbons (Fsp3) is 0.333. The van der Waals surface area contributed by atoms with Crippen LogP contribution in [0.5, 0.6) is 0 Å². The van der Waals surface area contributed by atoms with Crippen LogP contribution in [0, 0.1) is 0 Å². The minimum atomic E-state index is -4.55. The number of esters is 1. The van der Waals surface area contributed by atoms with Crippen LogP contribution in [0.25, 0.3) is 11.0 Å². The van der Waals surface area contributed by atoms with E-state index in [1.807, 2.05) is 0 Å². The third-order valence-corrected chi connectivity index (χ3v) is 2.53. The molecule has 0 aliphatic carbocycles. The first-order valence-corrected chi connectivity index (χ1v) is 5.55. The van der Waals surface area contributed by atoms with Gasteiger partial charge < -0.3 is 9.30 Å². The van der Waals surface area contributed by atoms with E-state index < -0.39 is 18.0 Å². The number of hydrogen-bond donors (Lipinski definition) is 0. The van der Waals surface area contributed by atoms with Gasteiger partial charge in [-0.1, -0.05) is 12.1 Å². The van der Waals surface area contributed by atoms with E-state index in [0.29, 0.717) is 5.52 Å². The van der Waals surface area contributed by atoms with Gasteiger partial charge in [0.15, 0.2) is 0 Å². The minimum absolute atomic E-state index is 0.0884. The van der Waals surface area contributed by atoms with Crippen molar-refractivity contribution in [2.24, 2.45) is 0 Å². The maximum absolute atomic E-state index is 12.9. The summed E-state index contributed by atoms with van der Waals surface area (Å²) < 4.78 is 44.3. The topological polar surface area (TPSA) is 44.1 Å². The monoisotopic (exact) mass is 272 g/mol. The second-order valence-electron chi connectivity index (χ2n) is 3.91. The summed E-state index contributed by atoms with van der Waals surface area (Å²) in [4.78, 5) is 14.2. The Morgan fingerprint density at radius 2 is 2.05 bits per heavy atom. The molecule has 0 bridgehead atoms. The summed E-state index contributed by atoms with van der Waals surface area (Å²) in [7, 11) is 0. The number of carbonyl (C=O) groups is 1. The molecular formula is C12H11F3N2O2. The van der Waals surface area contributed by atoms with Crippen LogP contribution in [0.15, 0.2) is 24.3 Å².